The Balaban J connectivity index is 1.98. The summed E-state index contributed by atoms with van der Waals surface area (Å²) in [5, 5.41) is 6.59. The number of nitrogens with one attached hydrogen (secondary N) is 2. The van der Waals surface area contributed by atoms with Crippen molar-refractivity contribution in [3.63, 3.8) is 0 Å². The molecule has 0 fully saturated rings. The van der Waals surface area contributed by atoms with E-state index in [0.29, 0.717) is 26.2 Å². The summed E-state index contributed by atoms with van der Waals surface area (Å²) in [4.78, 5) is 33.2. The lowest BCUT2D eigenvalue weighted by molar-refractivity contribution is -0.114. The molecule has 0 aromatic carbocycles. The van der Waals surface area contributed by atoms with Crippen LogP contribution in [0.1, 0.15) is 16.6 Å². The van der Waals surface area contributed by atoms with E-state index in [1.807, 2.05) is 0 Å². The van der Waals surface area contributed by atoms with Crippen molar-refractivity contribution >= 4 is 56.5 Å². The lowest BCUT2D eigenvalue weighted by atomic mass is 10.2. The molecule has 8 heteroatoms. The third-order valence-electron chi connectivity index (χ3n) is 2.94. The maximum Gasteiger partial charge on any atom is 0.269 e. The van der Waals surface area contributed by atoms with E-state index in [9.17, 15) is 9.59 Å². The summed E-state index contributed by atoms with van der Waals surface area (Å²) in [6.45, 7) is 1.39. The van der Waals surface area contributed by atoms with Crippen molar-refractivity contribution in [3.8, 4) is 0 Å². The molecular weight excluding hydrogens is 336 g/mol. The average molecular weight is 347 g/mol. The molecule has 0 radical (unpaired) electrons. The Bertz CT molecular complexity index is 892. The number of pyridine rings is 2. The van der Waals surface area contributed by atoms with Gasteiger partial charge in [-0.1, -0.05) is 11.6 Å². The van der Waals surface area contributed by atoms with Gasteiger partial charge in [0, 0.05) is 24.7 Å². The smallest absolute Gasteiger partial charge is 0.269 e. The van der Waals surface area contributed by atoms with Crippen LogP contribution in [0.4, 0.5) is 11.5 Å². The topological polar surface area (TPSA) is 84.0 Å². The molecule has 2 amide bonds. The quantitative estimate of drug-likeness (QED) is 0.759. The van der Waals surface area contributed by atoms with Gasteiger partial charge in [-0.2, -0.15) is 0 Å². The number of anilines is 2. The number of hydrogen-bond donors (Lipinski definition) is 2. The van der Waals surface area contributed by atoms with Crippen molar-refractivity contribution in [2.75, 3.05) is 10.6 Å². The second-order valence-corrected chi connectivity index (χ2v) is 6.09. The number of carbonyl (C=O) groups excluding carboxylic acids is 2. The summed E-state index contributed by atoms with van der Waals surface area (Å²) in [6, 6.07) is 6.79. The molecule has 0 aliphatic carbocycles. The zero-order chi connectivity index (χ0) is 16.4. The summed E-state index contributed by atoms with van der Waals surface area (Å²) in [7, 11) is 0. The fourth-order valence-electron chi connectivity index (χ4n) is 2.02. The Morgan fingerprint density at radius 3 is 2.70 bits per heavy atom. The van der Waals surface area contributed by atoms with Gasteiger partial charge in [0.05, 0.1) is 10.7 Å². The molecule has 0 saturated carbocycles. The van der Waals surface area contributed by atoms with Gasteiger partial charge in [-0.15, -0.1) is 11.3 Å². The van der Waals surface area contributed by atoms with Crippen LogP contribution in [0.2, 0.25) is 5.02 Å². The molecule has 0 bridgehead atoms. The van der Waals surface area contributed by atoms with Crippen LogP contribution in [0.25, 0.3) is 10.2 Å². The molecular formula is C15H11ClN4O2S. The predicted molar refractivity (Wildman–Crippen MR) is 91.1 cm³/mol. The zero-order valence-corrected chi connectivity index (χ0v) is 13.5. The van der Waals surface area contributed by atoms with Gasteiger partial charge in [-0.3, -0.25) is 9.59 Å². The molecule has 0 atom stereocenters. The summed E-state index contributed by atoms with van der Waals surface area (Å²) < 4.78 is 0. The highest BCUT2D eigenvalue weighted by atomic mass is 35.5. The van der Waals surface area contributed by atoms with Gasteiger partial charge < -0.3 is 10.6 Å². The fourth-order valence-corrected chi connectivity index (χ4v) is 3.12. The minimum Gasteiger partial charge on any atom is -0.324 e. The average Bonchev–Trinajstić information content (AvgIpc) is 2.88. The highest BCUT2D eigenvalue weighted by Crippen LogP contribution is 2.34. The van der Waals surface area contributed by atoms with Gasteiger partial charge in [0.1, 0.15) is 15.5 Å². The van der Waals surface area contributed by atoms with E-state index >= 15 is 0 Å². The number of aromatic nitrogens is 2. The van der Waals surface area contributed by atoms with Crippen molar-refractivity contribution in [1.82, 2.24) is 9.97 Å². The molecule has 3 rings (SSSR count). The molecule has 0 aliphatic rings. The summed E-state index contributed by atoms with van der Waals surface area (Å²) in [5.41, 5.74) is 0.456. The van der Waals surface area contributed by atoms with E-state index in [4.69, 9.17) is 11.6 Å². The Hall–Kier alpha value is -2.51. The van der Waals surface area contributed by atoms with Gasteiger partial charge in [0.2, 0.25) is 5.91 Å². The monoisotopic (exact) mass is 346 g/mol. The second-order valence-electron chi connectivity index (χ2n) is 4.66. The number of nitrogens with zero attached hydrogens (tertiary/aromatic N) is 2. The number of halogens is 1. The number of carbonyl (C=O) groups is 2. The van der Waals surface area contributed by atoms with Crippen LogP contribution in [0.5, 0.6) is 0 Å². The molecule has 6 nitrogen and oxygen atoms in total. The van der Waals surface area contributed by atoms with Crippen LogP contribution in [0.15, 0.2) is 36.7 Å². The maximum absolute atomic E-state index is 12.5. The minimum absolute atomic E-state index is 0.257. The van der Waals surface area contributed by atoms with Gasteiger partial charge in [0.25, 0.3) is 5.91 Å². The fraction of sp³-hybridized carbons (Fsp3) is 0.0667. The predicted octanol–water partition coefficient (Wildman–Crippen LogP) is 3.56. The highest BCUT2D eigenvalue weighted by molar-refractivity contribution is 7.21. The van der Waals surface area contributed by atoms with Crippen molar-refractivity contribution in [1.29, 1.82) is 0 Å². The van der Waals surface area contributed by atoms with Crippen LogP contribution in [0, 0.1) is 0 Å². The number of fused-ring (bicyclic) bond motifs is 1. The summed E-state index contributed by atoms with van der Waals surface area (Å²) >= 11 is 6.98. The van der Waals surface area contributed by atoms with E-state index in [-0.39, 0.29) is 11.8 Å². The summed E-state index contributed by atoms with van der Waals surface area (Å²) in [6.07, 6.45) is 3.08. The lowest BCUT2D eigenvalue weighted by Crippen LogP contribution is -2.15. The van der Waals surface area contributed by atoms with Crippen molar-refractivity contribution < 1.29 is 9.59 Å². The Labute approximate surface area is 140 Å². The van der Waals surface area contributed by atoms with Crippen LogP contribution in [-0.4, -0.2) is 21.8 Å². The number of amides is 2. The molecule has 3 heterocycles. The summed E-state index contributed by atoms with van der Waals surface area (Å²) in [5.74, 6) is -0.252. The van der Waals surface area contributed by atoms with E-state index in [1.54, 1.807) is 30.5 Å². The Morgan fingerprint density at radius 1 is 1.17 bits per heavy atom. The van der Waals surface area contributed by atoms with Gasteiger partial charge in [-0.05, 0) is 24.3 Å². The van der Waals surface area contributed by atoms with Crippen LogP contribution in [-0.2, 0) is 4.79 Å². The minimum atomic E-state index is -0.369. The van der Waals surface area contributed by atoms with Gasteiger partial charge in [0.15, 0.2) is 0 Å². The van der Waals surface area contributed by atoms with Crippen molar-refractivity contribution in [3.05, 3.63) is 46.6 Å². The molecule has 0 spiro atoms. The van der Waals surface area contributed by atoms with E-state index < -0.39 is 0 Å². The molecule has 2 N–H and O–H groups in total. The molecule has 0 aliphatic heterocycles. The second kappa shape index (κ2) is 6.31. The van der Waals surface area contributed by atoms with Crippen molar-refractivity contribution in [2.24, 2.45) is 0 Å². The van der Waals surface area contributed by atoms with Gasteiger partial charge >= 0.3 is 0 Å². The Morgan fingerprint density at radius 2 is 2.00 bits per heavy atom. The first kappa shape index (κ1) is 15.4. The first-order valence-electron chi connectivity index (χ1n) is 6.62. The van der Waals surface area contributed by atoms with E-state index in [0.717, 1.165) is 5.39 Å². The molecule has 3 aromatic rings. The maximum atomic E-state index is 12.5. The Kier molecular flexibility index (Phi) is 4.22. The highest BCUT2D eigenvalue weighted by Gasteiger charge is 2.20. The van der Waals surface area contributed by atoms with Crippen LogP contribution < -0.4 is 10.6 Å². The third-order valence-corrected chi connectivity index (χ3v) is 4.28. The lowest BCUT2D eigenvalue weighted by Gasteiger charge is -2.06. The SMILES string of the molecule is CC(=O)Nc1c(C(=O)Nc2ccc(Cl)cn2)sc2ncccc12. The van der Waals surface area contributed by atoms with E-state index in [1.165, 1.54) is 24.5 Å². The van der Waals surface area contributed by atoms with Crippen LogP contribution >= 0.6 is 22.9 Å². The standard InChI is InChI=1S/C15H11ClN4O2S/c1-8(21)19-12-10-3-2-6-17-15(10)23-13(12)14(22)20-11-5-4-9(16)7-18-11/h2-7H,1H3,(H,19,21)(H,18,20,22). The molecule has 0 saturated heterocycles. The van der Waals surface area contributed by atoms with Crippen molar-refractivity contribution in [2.45, 2.75) is 6.92 Å². The normalized spacial score (nSPS) is 10.5. The first-order valence-corrected chi connectivity index (χ1v) is 7.82. The first-order chi connectivity index (χ1) is 11.0. The van der Waals surface area contributed by atoms with E-state index in [2.05, 4.69) is 20.6 Å². The number of thiophene rings is 1. The van der Waals surface area contributed by atoms with Crippen LogP contribution in [0.3, 0.4) is 0 Å². The van der Waals surface area contributed by atoms with Gasteiger partial charge in [-0.25, -0.2) is 9.97 Å². The largest absolute Gasteiger partial charge is 0.324 e. The zero-order valence-electron chi connectivity index (χ0n) is 12.0. The number of hydrogen-bond acceptors (Lipinski definition) is 5. The molecule has 116 valence electrons. The molecule has 3 aromatic heterocycles. The third kappa shape index (κ3) is 3.30. The number of rotatable bonds is 3. The molecule has 0 unspecified atom stereocenters. The molecule has 23 heavy (non-hydrogen) atoms.